The molecule has 1 amide bonds. The van der Waals surface area contributed by atoms with Gasteiger partial charge in [0.05, 0.1) is 6.54 Å². The van der Waals surface area contributed by atoms with Crippen molar-refractivity contribution in [3.05, 3.63) is 59.9 Å². The number of alkyl halides is 1. The summed E-state index contributed by atoms with van der Waals surface area (Å²) in [4.78, 5) is 17.9. The smallest absolute Gasteiger partial charge is 0.242 e. The monoisotopic (exact) mass is 302 g/mol. The molecule has 2 rings (SSSR count). The number of halogens is 1. The Bertz CT molecular complexity index is 581. The van der Waals surface area contributed by atoms with Crippen LogP contribution in [0.1, 0.15) is 30.9 Å². The van der Waals surface area contributed by atoms with Gasteiger partial charge in [0, 0.05) is 18.1 Å². The quantitative estimate of drug-likeness (QED) is 0.783. The van der Waals surface area contributed by atoms with Gasteiger partial charge in [-0.3, -0.25) is 9.78 Å². The van der Waals surface area contributed by atoms with Crippen molar-refractivity contribution in [1.29, 1.82) is 0 Å². The van der Waals surface area contributed by atoms with E-state index < -0.39 is 0 Å². The van der Waals surface area contributed by atoms with Crippen LogP contribution in [0.15, 0.2) is 48.8 Å². The molecule has 0 radical (unpaired) electrons. The van der Waals surface area contributed by atoms with Gasteiger partial charge >= 0.3 is 0 Å². The molecule has 4 heteroatoms. The minimum absolute atomic E-state index is 0.0355. The fourth-order valence-corrected chi connectivity index (χ4v) is 2.25. The third kappa shape index (κ3) is 4.05. The number of carbonyl (C=O) groups excluding carboxylic acids is 1. The Morgan fingerprint density at radius 2 is 1.95 bits per heavy atom. The van der Waals surface area contributed by atoms with Gasteiger partial charge in [-0.25, -0.2) is 0 Å². The Hall–Kier alpha value is -1.87. The molecule has 1 aromatic carbocycles. The maximum atomic E-state index is 12.1. The lowest BCUT2D eigenvalue weighted by Gasteiger charge is -2.22. The fraction of sp³-hybridized carbons (Fsp3) is 0.294. The van der Waals surface area contributed by atoms with Gasteiger partial charge in [-0.2, -0.15) is 0 Å². The summed E-state index contributed by atoms with van der Waals surface area (Å²) in [6, 6.07) is 11.9. The maximum Gasteiger partial charge on any atom is 0.242 e. The van der Waals surface area contributed by atoms with E-state index in [-0.39, 0.29) is 11.8 Å². The Morgan fingerprint density at radius 3 is 2.48 bits per heavy atom. The second kappa shape index (κ2) is 7.23. The van der Waals surface area contributed by atoms with E-state index in [1.54, 1.807) is 17.3 Å². The van der Waals surface area contributed by atoms with Gasteiger partial charge in [0.25, 0.3) is 0 Å². The molecule has 3 nitrogen and oxygen atoms in total. The molecule has 0 saturated carbocycles. The number of hydrogen-bond acceptors (Lipinski definition) is 2. The lowest BCUT2D eigenvalue weighted by molar-refractivity contribution is -0.116. The molecule has 2 aromatic rings. The van der Waals surface area contributed by atoms with E-state index in [9.17, 15) is 4.79 Å². The van der Waals surface area contributed by atoms with Crippen molar-refractivity contribution in [1.82, 2.24) is 4.98 Å². The largest absolute Gasteiger partial charge is 0.307 e. The van der Waals surface area contributed by atoms with Gasteiger partial charge in [-0.15, -0.1) is 11.6 Å². The maximum absolute atomic E-state index is 12.1. The molecule has 0 bridgehead atoms. The molecule has 0 unspecified atom stereocenters. The highest BCUT2D eigenvalue weighted by Gasteiger charge is 2.15. The summed E-state index contributed by atoms with van der Waals surface area (Å²) >= 11 is 5.74. The molecular weight excluding hydrogens is 284 g/mol. The van der Waals surface area contributed by atoms with Gasteiger partial charge in [0.2, 0.25) is 5.91 Å². The first-order valence-electron chi connectivity index (χ1n) is 6.97. The Kier molecular flexibility index (Phi) is 5.34. The summed E-state index contributed by atoms with van der Waals surface area (Å²) in [5, 5.41) is 0. The minimum atomic E-state index is -0.113. The van der Waals surface area contributed by atoms with Crippen molar-refractivity contribution in [2.75, 3.05) is 10.8 Å². The second-order valence-electron chi connectivity index (χ2n) is 5.22. The summed E-state index contributed by atoms with van der Waals surface area (Å²) in [6.07, 6.45) is 3.48. The van der Waals surface area contributed by atoms with Gasteiger partial charge < -0.3 is 4.90 Å². The Morgan fingerprint density at radius 1 is 1.24 bits per heavy atom. The van der Waals surface area contributed by atoms with Gasteiger partial charge in [-0.1, -0.05) is 32.0 Å². The second-order valence-corrected chi connectivity index (χ2v) is 5.49. The number of pyridine rings is 1. The number of amides is 1. The van der Waals surface area contributed by atoms with E-state index in [1.807, 2.05) is 24.3 Å². The number of benzene rings is 1. The lowest BCUT2D eigenvalue weighted by atomic mass is 10.0. The van der Waals surface area contributed by atoms with Crippen LogP contribution in [-0.2, 0) is 11.3 Å². The van der Waals surface area contributed by atoms with Crippen LogP contribution in [0.4, 0.5) is 5.69 Å². The summed E-state index contributed by atoms with van der Waals surface area (Å²) in [6.45, 7) is 4.76. The van der Waals surface area contributed by atoms with Crippen molar-refractivity contribution >= 4 is 23.2 Å². The summed E-state index contributed by atoms with van der Waals surface area (Å²) in [7, 11) is 0. The number of hydrogen-bond donors (Lipinski definition) is 0. The first kappa shape index (κ1) is 15.5. The highest BCUT2D eigenvalue weighted by atomic mass is 35.5. The first-order valence-corrected chi connectivity index (χ1v) is 7.50. The molecular formula is C17H19ClN2O. The molecule has 0 aliphatic carbocycles. The summed E-state index contributed by atoms with van der Waals surface area (Å²) in [5.74, 6) is 0.319. The molecule has 0 N–H and O–H groups in total. The van der Waals surface area contributed by atoms with E-state index in [4.69, 9.17) is 11.6 Å². The third-order valence-electron chi connectivity index (χ3n) is 3.35. The Labute approximate surface area is 130 Å². The highest BCUT2D eigenvalue weighted by Crippen LogP contribution is 2.22. The zero-order valence-corrected chi connectivity index (χ0v) is 13.0. The SMILES string of the molecule is CC(C)c1ccc(N(Cc2cccnc2)C(=O)CCl)cc1. The lowest BCUT2D eigenvalue weighted by Crippen LogP contribution is -2.31. The normalized spacial score (nSPS) is 10.7. The molecule has 0 saturated heterocycles. The molecule has 0 aliphatic heterocycles. The van der Waals surface area contributed by atoms with Crippen molar-refractivity contribution in [2.45, 2.75) is 26.3 Å². The molecule has 0 aliphatic rings. The fourth-order valence-electron chi connectivity index (χ4n) is 2.11. The summed E-state index contributed by atoms with van der Waals surface area (Å²) in [5.41, 5.74) is 3.08. The van der Waals surface area contributed by atoms with Crippen molar-refractivity contribution < 1.29 is 4.79 Å². The van der Waals surface area contributed by atoms with E-state index in [1.165, 1.54) is 5.56 Å². The van der Waals surface area contributed by atoms with Crippen LogP contribution in [0.3, 0.4) is 0 Å². The molecule has 110 valence electrons. The number of carbonyl (C=O) groups is 1. The predicted octanol–water partition coefficient (Wildman–Crippen LogP) is 3.98. The van der Waals surface area contributed by atoms with Crippen LogP contribution < -0.4 is 4.90 Å². The van der Waals surface area contributed by atoms with Crippen LogP contribution in [0, 0.1) is 0 Å². The minimum Gasteiger partial charge on any atom is -0.307 e. The third-order valence-corrected chi connectivity index (χ3v) is 3.58. The number of aromatic nitrogens is 1. The van der Waals surface area contributed by atoms with Gasteiger partial charge in [0.1, 0.15) is 5.88 Å². The van der Waals surface area contributed by atoms with Crippen molar-refractivity contribution in [3.8, 4) is 0 Å². The van der Waals surface area contributed by atoms with Gasteiger partial charge in [-0.05, 0) is 35.2 Å². The molecule has 0 fully saturated rings. The van der Waals surface area contributed by atoms with Crippen LogP contribution in [0.2, 0.25) is 0 Å². The van der Waals surface area contributed by atoms with E-state index in [0.717, 1.165) is 11.3 Å². The van der Waals surface area contributed by atoms with Crippen molar-refractivity contribution in [2.24, 2.45) is 0 Å². The van der Waals surface area contributed by atoms with Gasteiger partial charge in [0.15, 0.2) is 0 Å². The average molecular weight is 303 g/mol. The molecule has 21 heavy (non-hydrogen) atoms. The number of rotatable bonds is 5. The topological polar surface area (TPSA) is 33.2 Å². The van der Waals surface area contributed by atoms with E-state index >= 15 is 0 Å². The van der Waals surface area contributed by atoms with Crippen molar-refractivity contribution in [3.63, 3.8) is 0 Å². The highest BCUT2D eigenvalue weighted by molar-refractivity contribution is 6.29. The number of nitrogens with zero attached hydrogens (tertiary/aromatic N) is 2. The molecule has 1 aromatic heterocycles. The van der Waals surface area contributed by atoms with Crippen LogP contribution in [-0.4, -0.2) is 16.8 Å². The summed E-state index contributed by atoms with van der Waals surface area (Å²) < 4.78 is 0. The molecule has 0 spiro atoms. The average Bonchev–Trinajstić information content (AvgIpc) is 2.53. The van der Waals surface area contributed by atoms with Crippen LogP contribution in [0.25, 0.3) is 0 Å². The van der Waals surface area contributed by atoms with Crippen LogP contribution in [0.5, 0.6) is 0 Å². The molecule has 1 heterocycles. The van der Waals surface area contributed by atoms with E-state index in [2.05, 4.69) is 31.0 Å². The van der Waals surface area contributed by atoms with Crippen LogP contribution >= 0.6 is 11.6 Å². The van der Waals surface area contributed by atoms with E-state index in [0.29, 0.717) is 12.5 Å². The molecule has 0 atom stereocenters. The standard InChI is InChI=1S/C17H19ClN2O/c1-13(2)15-5-7-16(8-6-15)20(17(21)10-18)12-14-4-3-9-19-11-14/h3-9,11,13H,10,12H2,1-2H3. The predicted molar refractivity (Wildman–Crippen MR) is 86.7 cm³/mol. The Balaban J connectivity index is 2.25. The zero-order valence-electron chi connectivity index (χ0n) is 12.3. The zero-order chi connectivity index (χ0) is 15.2. The number of anilines is 1. The first-order chi connectivity index (χ1) is 10.1.